The van der Waals surface area contributed by atoms with E-state index in [4.69, 9.17) is 9.05 Å². The number of phosphoric ester groups is 1. The van der Waals surface area contributed by atoms with Gasteiger partial charge < -0.3 is 9.38 Å². The Bertz CT molecular complexity index is 693. The summed E-state index contributed by atoms with van der Waals surface area (Å²) in [4.78, 5) is 9.93. The number of quaternary nitrogens is 1. The van der Waals surface area contributed by atoms with Crippen LogP contribution in [0.4, 0.5) is 0 Å². The minimum atomic E-state index is -3.97. The molecule has 0 fully saturated rings. The SMILES string of the molecule is CCCCCCCCCCCCCCCCOP(=O)(O)OCC[N+](C)(C)C/C=C/c1ccccc1. The zero-order valence-corrected chi connectivity index (χ0v) is 23.7. The number of nitrogens with zero attached hydrogens (tertiary/aromatic N) is 1. The van der Waals surface area contributed by atoms with Crippen LogP contribution < -0.4 is 0 Å². The van der Waals surface area contributed by atoms with Gasteiger partial charge in [-0.25, -0.2) is 4.57 Å². The third-order valence-electron chi connectivity index (χ3n) is 6.41. The summed E-state index contributed by atoms with van der Waals surface area (Å²) in [5.41, 5.74) is 1.17. The number of unbranched alkanes of at least 4 members (excludes halogenated alkanes) is 13. The molecule has 0 aliphatic carbocycles. The van der Waals surface area contributed by atoms with Crippen LogP contribution in [0.2, 0.25) is 0 Å². The molecule has 0 radical (unpaired) electrons. The molecule has 0 aliphatic heterocycles. The molecule has 0 amide bonds. The average molecular weight is 511 g/mol. The van der Waals surface area contributed by atoms with Crippen LogP contribution in [0.15, 0.2) is 36.4 Å². The summed E-state index contributed by atoms with van der Waals surface area (Å²) in [5.74, 6) is 0. The van der Waals surface area contributed by atoms with E-state index < -0.39 is 7.82 Å². The van der Waals surface area contributed by atoms with E-state index in [9.17, 15) is 9.46 Å². The van der Waals surface area contributed by atoms with Gasteiger partial charge in [0.05, 0.1) is 27.2 Å². The Morgan fingerprint density at radius 1 is 0.771 bits per heavy atom. The van der Waals surface area contributed by atoms with Gasteiger partial charge in [0.25, 0.3) is 0 Å². The second-order valence-electron chi connectivity index (χ2n) is 10.4. The largest absolute Gasteiger partial charge is 0.472 e. The number of benzene rings is 1. The number of rotatable bonds is 23. The second kappa shape index (κ2) is 20.1. The first kappa shape index (κ1) is 32.1. The Labute approximate surface area is 216 Å². The Morgan fingerprint density at radius 3 is 1.80 bits per heavy atom. The lowest BCUT2D eigenvalue weighted by Crippen LogP contribution is -2.42. The van der Waals surface area contributed by atoms with Crippen LogP contribution in [0.25, 0.3) is 6.08 Å². The highest BCUT2D eigenvalue weighted by Crippen LogP contribution is 2.43. The van der Waals surface area contributed by atoms with Gasteiger partial charge in [-0.05, 0) is 18.1 Å². The molecular formula is C29H53NO4P+. The van der Waals surface area contributed by atoms with Crippen molar-refractivity contribution in [3.8, 4) is 0 Å². The third-order valence-corrected chi connectivity index (χ3v) is 7.43. The van der Waals surface area contributed by atoms with Gasteiger partial charge in [-0.15, -0.1) is 0 Å². The van der Waals surface area contributed by atoms with Crippen molar-refractivity contribution in [3.63, 3.8) is 0 Å². The molecule has 1 rings (SSSR count). The van der Waals surface area contributed by atoms with Gasteiger partial charge in [-0.2, -0.15) is 0 Å². The van der Waals surface area contributed by atoms with Crippen LogP contribution in [0, 0.1) is 0 Å². The third kappa shape index (κ3) is 19.8. The molecule has 0 saturated carbocycles. The summed E-state index contributed by atoms with van der Waals surface area (Å²) < 4.78 is 23.1. The molecule has 1 N–H and O–H groups in total. The number of phosphoric acid groups is 1. The highest BCUT2D eigenvalue weighted by atomic mass is 31.2. The predicted molar refractivity (Wildman–Crippen MR) is 149 cm³/mol. The standard InChI is InChI=1S/C29H52NO4P/c1-4-5-6-7-8-9-10-11-12-13-14-15-16-20-27-33-35(31,32)34-28-26-30(2,3)25-21-24-29-22-18-17-19-23-29/h17-19,21-24H,4-16,20,25-28H2,1-3H3/p+1/b24-21+. The van der Waals surface area contributed by atoms with Gasteiger partial charge in [0.15, 0.2) is 0 Å². The van der Waals surface area contributed by atoms with E-state index in [0.717, 1.165) is 19.4 Å². The average Bonchev–Trinajstić information content (AvgIpc) is 2.82. The van der Waals surface area contributed by atoms with E-state index >= 15 is 0 Å². The summed E-state index contributed by atoms with van der Waals surface area (Å²) in [6, 6.07) is 10.2. The lowest BCUT2D eigenvalue weighted by Gasteiger charge is -2.28. The van der Waals surface area contributed by atoms with Gasteiger partial charge in [0.1, 0.15) is 13.2 Å². The predicted octanol–water partition coefficient (Wildman–Crippen LogP) is 8.39. The summed E-state index contributed by atoms with van der Waals surface area (Å²) in [7, 11) is 0.193. The van der Waals surface area contributed by atoms with Crippen molar-refractivity contribution in [2.45, 2.75) is 96.8 Å². The molecule has 1 unspecified atom stereocenters. The maximum atomic E-state index is 12.1. The van der Waals surface area contributed by atoms with Crippen molar-refractivity contribution < 1.29 is 23.0 Å². The highest BCUT2D eigenvalue weighted by Gasteiger charge is 2.23. The molecule has 0 aliphatic rings. The Hall–Kier alpha value is -0.970. The Kier molecular flexibility index (Phi) is 18.4. The first-order valence-corrected chi connectivity index (χ1v) is 15.5. The zero-order valence-electron chi connectivity index (χ0n) is 22.8. The van der Waals surface area contributed by atoms with Crippen molar-refractivity contribution in [1.82, 2.24) is 0 Å². The molecule has 0 bridgehead atoms. The number of likely N-dealkylation sites (N-methyl/N-ethyl adjacent to an activating group) is 1. The number of hydrogen-bond donors (Lipinski definition) is 1. The molecule has 5 nitrogen and oxygen atoms in total. The van der Waals surface area contributed by atoms with Gasteiger partial charge in [-0.1, -0.05) is 127 Å². The van der Waals surface area contributed by atoms with Crippen LogP contribution in [0.5, 0.6) is 0 Å². The summed E-state index contributed by atoms with van der Waals surface area (Å²) in [6.45, 7) is 4.19. The van der Waals surface area contributed by atoms with Gasteiger partial charge in [0, 0.05) is 0 Å². The fourth-order valence-corrected chi connectivity index (χ4v) is 4.79. The first-order chi connectivity index (χ1) is 16.8. The Balaban J connectivity index is 1.97. The molecule has 1 atom stereocenters. The molecule has 202 valence electrons. The van der Waals surface area contributed by atoms with Crippen molar-refractivity contribution in [1.29, 1.82) is 0 Å². The second-order valence-corrected chi connectivity index (χ2v) is 11.8. The van der Waals surface area contributed by atoms with E-state index in [0.29, 0.717) is 11.0 Å². The molecular weight excluding hydrogens is 457 g/mol. The van der Waals surface area contributed by atoms with Gasteiger partial charge in [-0.3, -0.25) is 9.05 Å². The lowest BCUT2D eigenvalue weighted by atomic mass is 10.0. The van der Waals surface area contributed by atoms with Crippen molar-refractivity contribution >= 4 is 13.9 Å². The quantitative estimate of drug-likeness (QED) is 0.0912. The van der Waals surface area contributed by atoms with Crippen LogP contribution in [-0.4, -0.2) is 49.8 Å². The minimum Gasteiger partial charge on any atom is -0.323 e. The molecule has 0 spiro atoms. The van der Waals surface area contributed by atoms with E-state index in [1.165, 1.54) is 82.6 Å². The van der Waals surface area contributed by atoms with Crippen LogP contribution in [0.1, 0.15) is 102 Å². The fourth-order valence-electron chi connectivity index (χ4n) is 4.05. The van der Waals surface area contributed by atoms with Gasteiger partial charge >= 0.3 is 7.82 Å². The molecule has 1 aromatic carbocycles. The molecule has 0 heterocycles. The molecule has 0 aromatic heterocycles. The highest BCUT2D eigenvalue weighted by molar-refractivity contribution is 7.47. The lowest BCUT2D eigenvalue weighted by molar-refractivity contribution is -0.884. The fraction of sp³-hybridized carbons (Fsp3) is 0.724. The maximum absolute atomic E-state index is 12.1. The summed E-state index contributed by atoms with van der Waals surface area (Å²) in [6.07, 6.45) is 22.2. The normalized spacial score (nSPS) is 13.9. The van der Waals surface area contributed by atoms with Crippen LogP contribution >= 0.6 is 7.82 Å². The van der Waals surface area contributed by atoms with Crippen molar-refractivity contribution in [3.05, 3.63) is 42.0 Å². The van der Waals surface area contributed by atoms with Gasteiger partial charge in [0.2, 0.25) is 0 Å². The zero-order chi connectivity index (χ0) is 25.7. The number of hydrogen-bond acceptors (Lipinski definition) is 3. The van der Waals surface area contributed by atoms with Crippen molar-refractivity contribution in [2.75, 3.05) is 40.4 Å². The molecule has 0 saturated heterocycles. The van der Waals surface area contributed by atoms with E-state index in [1.54, 1.807) is 0 Å². The minimum absolute atomic E-state index is 0.193. The smallest absolute Gasteiger partial charge is 0.323 e. The molecule has 1 aromatic rings. The first-order valence-electron chi connectivity index (χ1n) is 14.0. The maximum Gasteiger partial charge on any atom is 0.472 e. The monoisotopic (exact) mass is 510 g/mol. The van der Waals surface area contributed by atoms with Crippen molar-refractivity contribution in [2.24, 2.45) is 0 Å². The van der Waals surface area contributed by atoms with E-state index in [2.05, 4.69) is 45.3 Å². The Morgan fingerprint density at radius 2 is 1.26 bits per heavy atom. The van der Waals surface area contributed by atoms with Crippen LogP contribution in [-0.2, 0) is 13.6 Å². The topological polar surface area (TPSA) is 55.8 Å². The van der Waals surface area contributed by atoms with E-state index in [1.807, 2.05) is 18.2 Å². The molecule has 6 heteroatoms. The van der Waals surface area contributed by atoms with E-state index in [-0.39, 0.29) is 13.2 Å². The summed E-state index contributed by atoms with van der Waals surface area (Å²) >= 11 is 0. The molecule has 35 heavy (non-hydrogen) atoms. The van der Waals surface area contributed by atoms with Crippen LogP contribution in [0.3, 0.4) is 0 Å². The summed E-state index contributed by atoms with van der Waals surface area (Å²) in [5, 5.41) is 0.